The Balaban J connectivity index is 1.63. The lowest BCUT2D eigenvalue weighted by Crippen LogP contribution is -2.39. The number of ether oxygens (including phenoxy) is 3. The fraction of sp³-hybridized carbons (Fsp3) is 0.300. The molecular formula is C20H23N3O5. The molecule has 1 saturated heterocycles. The van der Waals surface area contributed by atoms with Crippen LogP contribution in [0.1, 0.15) is 6.42 Å². The summed E-state index contributed by atoms with van der Waals surface area (Å²) in [5, 5.41) is 5.59. The number of rotatable bonds is 6. The van der Waals surface area contributed by atoms with Crippen LogP contribution in [0.3, 0.4) is 0 Å². The topological polar surface area (TPSA) is 89.1 Å². The van der Waals surface area contributed by atoms with Gasteiger partial charge in [0, 0.05) is 36.5 Å². The number of carbonyl (C=O) groups excluding carboxylic acids is 2. The molecule has 148 valence electrons. The molecule has 1 heterocycles. The van der Waals surface area contributed by atoms with E-state index in [0.717, 1.165) is 0 Å². The maximum Gasteiger partial charge on any atom is 0.319 e. The van der Waals surface area contributed by atoms with Crippen molar-refractivity contribution in [3.63, 3.8) is 0 Å². The lowest BCUT2D eigenvalue weighted by atomic mass is 10.2. The zero-order valence-corrected chi connectivity index (χ0v) is 16.0. The van der Waals surface area contributed by atoms with E-state index in [1.807, 2.05) is 0 Å². The van der Waals surface area contributed by atoms with Gasteiger partial charge in [0.15, 0.2) is 11.5 Å². The highest BCUT2D eigenvalue weighted by atomic mass is 16.5. The molecular weight excluding hydrogens is 362 g/mol. The van der Waals surface area contributed by atoms with Crippen molar-refractivity contribution in [2.75, 3.05) is 38.1 Å². The fourth-order valence-corrected chi connectivity index (χ4v) is 3.10. The number of hydrogen-bond donors (Lipinski definition) is 2. The zero-order chi connectivity index (χ0) is 20.1. The second-order valence-corrected chi connectivity index (χ2v) is 6.28. The van der Waals surface area contributed by atoms with Crippen molar-refractivity contribution in [3.05, 3.63) is 42.5 Å². The van der Waals surface area contributed by atoms with E-state index in [-0.39, 0.29) is 24.4 Å². The Hall–Kier alpha value is -3.42. The summed E-state index contributed by atoms with van der Waals surface area (Å²) >= 11 is 0. The van der Waals surface area contributed by atoms with Crippen LogP contribution in [0.2, 0.25) is 0 Å². The summed E-state index contributed by atoms with van der Waals surface area (Å²) in [6.07, 6.45) is 0.222. The van der Waals surface area contributed by atoms with E-state index in [1.165, 1.54) is 0 Å². The molecule has 1 aliphatic rings. The molecule has 0 bridgehead atoms. The molecule has 0 radical (unpaired) electrons. The number of urea groups is 1. The minimum atomic E-state index is -0.375. The van der Waals surface area contributed by atoms with Gasteiger partial charge in [-0.2, -0.15) is 0 Å². The molecule has 0 aromatic heterocycles. The monoisotopic (exact) mass is 385 g/mol. The van der Waals surface area contributed by atoms with Crippen molar-refractivity contribution in [1.82, 2.24) is 5.32 Å². The molecule has 0 unspecified atom stereocenters. The average molecular weight is 385 g/mol. The SMILES string of the molecule is COc1cccc(NC(=O)N[C@H]2CC(=O)N(c3ccc(OC)c(OC)c3)C2)c1. The highest BCUT2D eigenvalue weighted by Gasteiger charge is 2.32. The van der Waals surface area contributed by atoms with Crippen LogP contribution in [-0.2, 0) is 4.79 Å². The Kier molecular flexibility index (Phi) is 5.88. The second kappa shape index (κ2) is 8.51. The molecule has 28 heavy (non-hydrogen) atoms. The standard InChI is InChI=1S/C20H23N3O5/c1-26-16-6-4-5-13(9-16)21-20(25)22-14-10-19(24)23(12-14)15-7-8-17(27-2)18(11-15)28-3/h4-9,11,14H,10,12H2,1-3H3,(H2,21,22,25)/t14-/m0/s1. The third-order valence-electron chi connectivity index (χ3n) is 4.47. The van der Waals surface area contributed by atoms with Crippen LogP contribution < -0.4 is 29.7 Å². The van der Waals surface area contributed by atoms with Gasteiger partial charge in [0.2, 0.25) is 5.91 Å². The van der Waals surface area contributed by atoms with E-state index in [2.05, 4.69) is 10.6 Å². The smallest absolute Gasteiger partial charge is 0.319 e. The Morgan fingerprint density at radius 2 is 1.82 bits per heavy atom. The normalized spacial score (nSPS) is 15.9. The van der Waals surface area contributed by atoms with E-state index in [9.17, 15) is 9.59 Å². The van der Waals surface area contributed by atoms with Gasteiger partial charge in [-0.3, -0.25) is 4.79 Å². The van der Waals surface area contributed by atoms with Gasteiger partial charge < -0.3 is 29.7 Å². The average Bonchev–Trinajstić information content (AvgIpc) is 3.07. The molecule has 0 aliphatic carbocycles. The lowest BCUT2D eigenvalue weighted by Gasteiger charge is -2.19. The minimum absolute atomic E-state index is 0.0705. The van der Waals surface area contributed by atoms with E-state index in [1.54, 1.807) is 68.7 Å². The molecule has 0 saturated carbocycles. The first-order chi connectivity index (χ1) is 13.5. The Labute approximate surface area is 163 Å². The quantitative estimate of drug-likeness (QED) is 0.798. The van der Waals surface area contributed by atoms with Crippen molar-refractivity contribution >= 4 is 23.3 Å². The molecule has 2 N–H and O–H groups in total. The summed E-state index contributed by atoms with van der Waals surface area (Å²) in [6.45, 7) is 0.375. The predicted molar refractivity (Wildman–Crippen MR) is 105 cm³/mol. The maximum absolute atomic E-state index is 12.4. The molecule has 0 spiro atoms. The van der Waals surface area contributed by atoms with Gasteiger partial charge in [0.05, 0.1) is 27.4 Å². The van der Waals surface area contributed by atoms with Gasteiger partial charge in [-0.1, -0.05) is 6.07 Å². The van der Waals surface area contributed by atoms with Crippen LogP contribution in [0.5, 0.6) is 17.2 Å². The maximum atomic E-state index is 12.4. The number of nitrogens with zero attached hydrogens (tertiary/aromatic N) is 1. The van der Waals surface area contributed by atoms with Gasteiger partial charge in [-0.15, -0.1) is 0 Å². The van der Waals surface area contributed by atoms with Gasteiger partial charge in [0.25, 0.3) is 0 Å². The van der Waals surface area contributed by atoms with E-state index >= 15 is 0 Å². The first kappa shape index (κ1) is 19.3. The van der Waals surface area contributed by atoms with Crippen molar-refractivity contribution in [3.8, 4) is 17.2 Å². The number of amides is 3. The lowest BCUT2D eigenvalue weighted by molar-refractivity contribution is -0.117. The van der Waals surface area contributed by atoms with Crippen molar-refractivity contribution in [2.24, 2.45) is 0 Å². The first-order valence-corrected chi connectivity index (χ1v) is 8.78. The molecule has 8 heteroatoms. The Bertz CT molecular complexity index is 871. The number of benzene rings is 2. The Morgan fingerprint density at radius 1 is 1.04 bits per heavy atom. The summed E-state index contributed by atoms with van der Waals surface area (Å²) in [6, 6.07) is 11.7. The summed E-state index contributed by atoms with van der Waals surface area (Å²) in [7, 11) is 4.66. The van der Waals surface area contributed by atoms with Gasteiger partial charge in [-0.25, -0.2) is 4.79 Å². The largest absolute Gasteiger partial charge is 0.497 e. The van der Waals surface area contributed by atoms with E-state index < -0.39 is 0 Å². The second-order valence-electron chi connectivity index (χ2n) is 6.28. The van der Waals surface area contributed by atoms with Crippen LogP contribution in [0.4, 0.5) is 16.2 Å². The highest BCUT2D eigenvalue weighted by molar-refractivity contribution is 5.98. The molecule has 2 aromatic carbocycles. The summed E-state index contributed by atoms with van der Waals surface area (Å²) in [5.74, 6) is 1.71. The molecule has 3 amide bonds. The number of hydrogen-bond acceptors (Lipinski definition) is 5. The van der Waals surface area contributed by atoms with Crippen molar-refractivity contribution in [1.29, 1.82) is 0 Å². The summed E-state index contributed by atoms with van der Waals surface area (Å²) in [4.78, 5) is 26.3. The zero-order valence-electron chi connectivity index (χ0n) is 16.0. The molecule has 1 fully saturated rings. The number of carbonyl (C=O) groups is 2. The Morgan fingerprint density at radius 3 is 2.54 bits per heavy atom. The fourth-order valence-electron chi connectivity index (χ4n) is 3.10. The predicted octanol–water partition coefficient (Wildman–Crippen LogP) is 2.64. The van der Waals surface area contributed by atoms with Crippen LogP contribution >= 0.6 is 0 Å². The minimum Gasteiger partial charge on any atom is -0.497 e. The van der Waals surface area contributed by atoms with Crippen LogP contribution in [0.15, 0.2) is 42.5 Å². The van der Waals surface area contributed by atoms with Gasteiger partial charge in [-0.05, 0) is 24.3 Å². The number of methoxy groups -OCH3 is 3. The van der Waals surface area contributed by atoms with Crippen LogP contribution in [0.25, 0.3) is 0 Å². The highest BCUT2D eigenvalue weighted by Crippen LogP contribution is 2.33. The van der Waals surface area contributed by atoms with Gasteiger partial charge in [0.1, 0.15) is 5.75 Å². The summed E-state index contributed by atoms with van der Waals surface area (Å²) < 4.78 is 15.7. The van der Waals surface area contributed by atoms with Crippen molar-refractivity contribution < 1.29 is 23.8 Å². The third-order valence-corrected chi connectivity index (χ3v) is 4.47. The molecule has 1 atom stereocenters. The van der Waals surface area contributed by atoms with Gasteiger partial charge >= 0.3 is 6.03 Å². The van der Waals surface area contributed by atoms with Crippen LogP contribution in [0, 0.1) is 0 Å². The third kappa shape index (κ3) is 4.28. The van der Waals surface area contributed by atoms with Crippen LogP contribution in [-0.4, -0.2) is 45.9 Å². The molecule has 3 rings (SSSR count). The molecule has 8 nitrogen and oxygen atoms in total. The van der Waals surface area contributed by atoms with E-state index in [0.29, 0.717) is 35.2 Å². The number of nitrogens with one attached hydrogen (secondary N) is 2. The molecule has 1 aliphatic heterocycles. The first-order valence-electron chi connectivity index (χ1n) is 8.78. The van der Waals surface area contributed by atoms with Crippen molar-refractivity contribution in [2.45, 2.75) is 12.5 Å². The van der Waals surface area contributed by atoms with E-state index in [4.69, 9.17) is 14.2 Å². The molecule has 2 aromatic rings. The number of anilines is 2. The summed E-state index contributed by atoms with van der Waals surface area (Å²) in [5.41, 5.74) is 1.30.